The summed E-state index contributed by atoms with van der Waals surface area (Å²) in [7, 11) is -0.164. The number of esters is 1. The van der Waals surface area contributed by atoms with Gasteiger partial charge in [0.05, 0.1) is 16.8 Å². The molecular formula is C27H29O3S+. The van der Waals surface area contributed by atoms with Crippen molar-refractivity contribution in [3.63, 3.8) is 0 Å². The Bertz CT molecular complexity index is 896. The second-order valence-corrected chi connectivity index (χ2v) is 9.78. The van der Waals surface area contributed by atoms with Gasteiger partial charge in [0.2, 0.25) is 0 Å². The molecule has 0 N–H and O–H groups in total. The molecule has 1 aliphatic carbocycles. The van der Waals surface area contributed by atoms with Crippen molar-refractivity contribution in [2.45, 2.75) is 46.8 Å². The molecule has 1 saturated carbocycles. The number of benzene rings is 3. The summed E-state index contributed by atoms with van der Waals surface area (Å²) in [6.45, 7) is 0.677. The van der Waals surface area contributed by atoms with Crippen molar-refractivity contribution in [2.24, 2.45) is 5.92 Å². The van der Waals surface area contributed by atoms with Crippen molar-refractivity contribution in [3.05, 3.63) is 84.9 Å². The third kappa shape index (κ3) is 5.92. The average molecular weight is 434 g/mol. The van der Waals surface area contributed by atoms with E-state index in [2.05, 4.69) is 60.7 Å². The Balaban J connectivity index is 1.35. The van der Waals surface area contributed by atoms with E-state index in [-0.39, 0.29) is 22.8 Å². The lowest BCUT2D eigenvalue weighted by atomic mass is 9.89. The van der Waals surface area contributed by atoms with Crippen molar-refractivity contribution in [3.8, 4) is 5.75 Å². The molecule has 0 unspecified atom stereocenters. The fraction of sp³-hybridized carbons (Fsp3) is 0.296. The van der Waals surface area contributed by atoms with Gasteiger partial charge in [-0.15, -0.1) is 0 Å². The summed E-state index contributed by atoms with van der Waals surface area (Å²) in [6.07, 6.45) is 5.43. The van der Waals surface area contributed by atoms with Gasteiger partial charge in [0.1, 0.15) is 19.0 Å². The highest BCUT2D eigenvalue weighted by molar-refractivity contribution is 7.97. The Labute approximate surface area is 187 Å². The van der Waals surface area contributed by atoms with Gasteiger partial charge in [0, 0.05) is 0 Å². The van der Waals surface area contributed by atoms with E-state index in [0.717, 1.165) is 31.4 Å². The standard InChI is InChI=1S/C27H29O3S/c28-27(22-10-4-1-5-11-22)30-21-20-29-23-16-18-26(19-17-23)31(24-12-6-2-7-13-24)25-14-8-3-9-15-25/h2-3,6-9,12-19,22H,1,4-5,10-11,20-21H2/q+1. The van der Waals surface area contributed by atoms with Gasteiger partial charge in [0.25, 0.3) is 0 Å². The first-order valence-electron chi connectivity index (χ1n) is 11.1. The Morgan fingerprint density at radius 3 is 1.84 bits per heavy atom. The molecule has 31 heavy (non-hydrogen) atoms. The van der Waals surface area contributed by atoms with Crippen molar-refractivity contribution in [2.75, 3.05) is 13.2 Å². The lowest BCUT2D eigenvalue weighted by molar-refractivity contribution is -0.150. The van der Waals surface area contributed by atoms with E-state index in [1.807, 2.05) is 24.3 Å². The third-order valence-electron chi connectivity index (χ3n) is 5.55. The first-order valence-corrected chi connectivity index (χ1v) is 12.3. The third-order valence-corrected chi connectivity index (χ3v) is 7.78. The Morgan fingerprint density at radius 1 is 0.710 bits per heavy atom. The van der Waals surface area contributed by atoms with Crippen LogP contribution in [0.15, 0.2) is 99.6 Å². The number of rotatable bonds is 8. The topological polar surface area (TPSA) is 35.5 Å². The Kier molecular flexibility index (Phi) is 7.67. The van der Waals surface area contributed by atoms with Crippen LogP contribution in [0.5, 0.6) is 5.75 Å². The fourth-order valence-corrected chi connectivity index (χ4v) is 6.03. The van der Waals surface area contributed by atoms with Crippen LogP contribution in [0, 0.1) is 5.92 Å². The van der Waals surface area contributed by atoms with Gasteiger partial charge < -0.3 is 9.47 Å². The molecule has 3 nitrogen and oxygen atoms in total. The summed E-state index contributed by atoms with van der Waals surface area (Å²) in [5.74, 6) is 0.817. The molecule has 0 amide bonds. The molecule has 0 bridgehead atoms. The van der Waals surface area contributed by atoms with E-state index in [0.29, 0.717) is 13.2 Å². The molecule has 4 heteroatoms. The maximum atomic E-state index is 12.1. The molecular weight excluding hydrogens is 404 g/mol. The zero-order valence-corrected chi connectivity index (χ0v) is 18.6. The molecule has 1 aliphatic rings. The number of hydrogen-bond donors (Lipinski definition) is 0. The van der Waals surface area contributed by atoms with Crippen LogP contribution >= 0.6 is 0 Å². The minimum Gasteiger partial charge on any atom is -0.490 e. The molecule has 1 fully saturated rings. The van der Waals surface area contributed by atoms with E-state index in [1.54, 1.807) is 0 Å². The highest BCUT2D eigenvalue weighted by atomic mass is 32.2. The van der Waals surface area contributed by atoms with Crippen LogP contribution < -0.4 is 4.74 Å². The monoisotopic (exact) mass is 433 g/mol. The molecule has 0 saturated heterocycles. The molecule has 0 radical (unpaired) electrons. The first-order chi connectivity index (χ1) is 15.3. The second kappa shape index (κ2) is 11.1. The van der Waals surface area contributed by atoms with E-state index in [1.165, 1.54) is 21.1 Å². The maximum Gasteiger partial charge on any atom is 0.309 e. The fourth-order valence-electron chi connectivity index (χ4n) is 3.95. The van der Waals surface area contributed by atoms with Gasteiger partial charge in [-0.1, -0.05) is 55.7 Å². The maximum absolute atomic E-state index is 12.1. The zero-order chi connectivity index (χ0) is 21.3. The van der Waals surface area contributed by atoms with Crippen LogP contribution in [-0.4, -0.2) is 19.2 Å². The van der Waals surface area contributed by atoms with E-state index < -0.39 is 0 Å². The van der Waals surface area contributed by atoms with E-state index >= 15 is 0 Å². The first kappa shape index (κ1) is 21.5. The normalized spacial score (nSPS) is 14.4. The Hall–Kier alpha value is -2.72. The van der Waals surface area contributed by atoms with Crippen LogP contribution in [0.3, 0.4) is 0 Å². The summed E-state index contributed by atoms with van der Waals surface area (Å²) in [6, 6.07) is 29.4. The smallest absolute Gasteiger partial charge is 0.309 e. The highest BCUT2D eigenvalue weighted by Gasteiger charge is 2.28. The summed E-state index contributed by atoms with van der Waals surface area (Å²) in [5, 5.41) is 0. The number of carbonyl (C=O) groups is 1. The molecule has 0 aromatic heterocycles. The van der Waals surface area contributed by atoms with Gasteiger partial charge in [0.15, 0.2) is 14.7 Å². The second-order valence-electron chi connectivity index (χ2n) is 7.75. The van der Waals surface area contributed by atoms with Gasteiger partial charge in [-0.3, -0.25) is 4.79 Å². The molecule has 0 atom stereocenters. The minimum atomic E-state index is -0.164. The molecule has 3 aromatic carbocycles. The van der Waals surface area contributed by atoms with Crippen LogP contribution in [-0.2, 0) is 20.4 Å². The largest absolute Gasteiger partial charge is 0.490 e. The zero-order valence-electron chi connectivity index (χ0n) is 17.7. The molecule has 0 aliphatic heterocycles. The number of ether oxygens (including phenoxy) is 2. The van der Waals surface area contributed by atoms with E-state index in [9.17, 15) is 4.79 Å². The molecule has 4 rings (SSSR count). The molecule has 0 heterocycles. The van der Waals surface area contributed by atoms with Crippen LogP contribution in [0.2, 0.25) is 0 Å². The average Bonchev–Trinajstić information content (AvgIpc) is 2.85. The summed E-state index contributed by atoms with van der Waals surface area (Å²) < 4.78 is 11.2. The molecule has 0 spiro atoms. The molecule has 3 aromatic rings. The molecule has 160 valence electrons. The van der Waals surface area contributed by atoms with Crippen LogP contribution in [0.1, 0.15) is 32.1 Å². The lowest BCUT2D eigenvalue weighted by Gasteiger charge is -2.19. The number of carbonyl (C=O) groups excluding carboxylic acids is 1. The van der Waals surface area contributed by atoms with E-state index in [4.69, 9.17) is 9.47 Å². The SMILES string of the molecule is O=C(OCCOc1ccc([S+](c2ccccc2)c2ccccc2)cc1)C1CCCCC1. The van der Waals surface area contributed by atoms with Gasteiger partial charge >= 0.3 is 5.97 Å². The van der Waals surface area contributed by atoms with Gasteiger partial charge in [-0.05, 0) is 61.4 Å². The van der Waals surface area contributed by atoms with Crippen LogP contribution in [0.4, 0.5) is 0 Å². The van der Waals surface area contributed by atoms with Crippen molar-refractivity contribution >= 4 is 16.9 Å². The van der Waals surface area contributed by atoms with Gasteiger partial charge in [-0.2, -0.15) is 0 Å². The Morgan fingerprint density at radius 2 is 1.26 bits per heavy atom. The quantitative estimate of drug-likeness (QED) is 0.238. The summed E-state index contributed by atoms with van der Waals surface area (Å²) in [4.78, 5) is 15.9. The van der Waals surface area contributed by atoms with Crippen LogP contribution in [0.25, 0.3) is 0 Å². The predicted molar refractivity (Wildman–Crippen MR) is 125 cm³/mol. The predicted octanol–water partition coefficient (Wildman–Crippen LogP) is 6.28. The van der Waals surface area contributed by atoms with Crippen molar-refractivity contribution in [1.29, 1.82) is 0 Å². The van der Waals surface area contributed by atoms with Crippen molar-refractivity contribution < 1.29 is 14.3 Å². The lowest BCUT2D eigenvalue weighted by Crippen LogP contribution is -2.22. The van der Waals surface area contributed by atoms with Gasteiger partial charge in [-0.25, -0.2) is 0 Å². The number of hydrogen-bond acceptors (Lipinski definition) is 3. The summed E-state index contributed by atoms with van der Waals surface area (Å²) in [5.41, 5.74) is 0. The minimum absolute atomic E-state index is 0.0617. The highest BCUT2D eigenvalue weighted by Crippen LogP contribution is 2.32. The van der Waals surface area contributed by atoms with Crippen molar-refractivity contribution in [1.82, 2.24) is 0 Å². The summed E-state index contributed by atoms with van der Waals surface area (Å²) >= 11 is 0.